The zero-order valence-corrected chi connectivity index (χ0v) is 15.9. The van der Waals surface area contributed by atoms with Crippen LogP contribution in [-0.2, 0) is 4.79 Å². The van der Waals surface area contributed by atoms with Gasteiger partial charge in [0.05, 0.1) is 0 Å². The largest absolute Gasteiger partial charge is 0.371 e. The topological polar surface area (TPSA) is 64.7 Å². The average Bonchev–Trinajstić information content (AvgIpc) is 3.16. The fourth-order valence-corrected chi connectivity index (χ4v) is 3.82. The van der Waals surface area contributed by atoms with Gasteiger partial charge in [-0.1, -0.05) is 0 Å². The Morgan fingerprint density at radius 2 is 1.85 bits per heavy atom. The third-order valence-electron chi connectivity index (χ3n) is 5.41. The molecule has 0 spiro atoms. The number of benzene rings is 1. The highest BCUT2D eigenvalue weighted by Gasteiger charge is 2.25. The lowest BCUT2D eigenvalue weighted by Gasteiger charge is -2.29. The molecule has 0 radical (unpaired) electrons. The Morgan fingerprint density at radius 3 is 2.56 bits per heavy atom. The molecular weight excluding hydrogens is 347 g/mol. The molecule has 27 heavy (non-hydrogen) atoms. The highest BCUT2D eigenvalue weighted by molar-refractivity contribution is 5.86. The number of anilines is 1. The minimum atomic E-state index is -0.512. The maximum atomic E-state index is 13.0. The second-order valence-electron chi connectivity index (χ2n) is 7.54. The number of hydrogen-bond donors (Lipinski definition) is 2. The van der Waals surface area contributed by atoms with E-state index < -0.39 is 6.04 Å². The molecule has 2 fully saturated rings. The summed E-state index contributed by atoms with van der Waals surface area (Å²) in [6.45, 7) is 5.59. The van der Waals surface area contributed by atoms with Crippen molar-refractivity contribution in [2.75, 3.05) is 37.6 Å². The van der Waals surface area contributed by atoms with Crippen molar-refractivity contribution in [3.05, 3.63) is 30.1 Å². The smallest absolute Gasteiger partial charge is 0.315 e. The van der Waals surface area contributed by atoms with E-state index in [1.165, 1.54) is 18.6 Å². The molecule has 2 aliphatic rings. The standard InChI is InChI=1S/C20H29FN4O2/c1-15(19(26)24-10-3-2-4-11-24)23-20(27)22-13-16-9-12-25(14-16)18-7-5-17(21)6-8-18/h5-8,15-16H,2-4,9-14H2,1H3,(H2,22,23,27)/t15-,16-/m0/s1. The first-order valence-corrected chi connectivity index (χ1v) is 9.86. The van der Waals surface area contributed by atoms with Gasteiger partial charge in [-0.15, -0.1) is 0 Å². The lowest BCUT2D eigenvalue weighted by atomic mass is 10.1. The third kappa shape index (κ3) is 5.34. The monoisotopic (exact) mass is 376 g/mol. The zero-order chi connectivity index (χ0) is 19.2. The Morgan fingerprint density at radius 1 is 1.15 bits per heavy atom. The Labute approximate surface area is 160 Å². The van der Waals surface area contributed by atoms with E-state index in [-0.39, 0.29) is 17.8 Å². The minimum Gasteiger partial charge on any atom is -0.371 e. The number of nitrogens with zero attached hydrogens (tertiary/aromatic N) is 2. The molecule has 3 amide bonds. The molecule has 2 aliphatic heterocycles. The number of likely N-dealkylation sites (tertiary alicyclic amines) is 1. The molecule has 1 aromatic rings. The summed E-state index contributed by atoms with van der Waals surface area (Å²) in [4.78, 5) is 28.5. The first kappa shape index (κ1) is 19.5. The van der Waals surface area contributed by atoms with Crippen LogP contribution in [0.2, 0.25) is 0 Å². The highest BCUT2D eigenvalue weighted by atomic mass is 19.1. The molecule has 0 saturated carbocycles. The summed E-state index contributed by atoms with van der Waals surface area (Å²) in [5.41, 5.74) is 1.00. The fourth-order valence-electron chi connectivity index (χ4n) is 3.82. The van der Waals surface area contributed by atoms with E-state index in [1.54, 1.807) is 19.1 Å². The van der Waals surface area contributed by atoms with Crippen LogP contribution in [0.4, 0.5) is 14.9 Å². The van der Waals surface area contributed by atoms with Crippen LogP contribution in [0.3, 0.4) is 0 Å². The van der Waals surface area contributed by atoms with E-state index in [0.717, 1.165) is 51.1 Å². The number of piperidine rings is 1. The normalized spacial score (nSPS) is 21.0. The lowest BCUT2D eigenvalue weighted by molar-refractivity contribution is -0.133. The number of hydrogen-bond acceptors (Lipinski definition) is 3. The number of carbonyl (C=O) groups excluding carboxylic acids is 2. The molecule has 0 aromatic heterocycles. The van der Waals surface area contributed by atoms with Gasteiger partial charge in [-0.25, -0.2) is 9.18 Å². The van der Waals surface area contributed by atoms with Gasteiger partial charge in [-0.05, 0) is 62.8 Å². The second-order valence-corrected chi connectivity index (χ2v) is 7.54. The second kappa shape index (κ2) is 9.06. The van der Waals surface area contributed by atoms with Crippen molar-refractivity contribution in [2.45, 2.75) is 38.6 Å². The number of rotatable bonds is 5. The van der Waals surface area contributed by atoms with Crippen molar-refractivity contribution in [2.24, 2.45) is 5.92 Å². The summed E-state index contributed by atoms with van der Waals surface area (Å²) in [5.74, 6) is 0.100. The van der Waals surface area contributed by atoms with Crippen LogP contribution in [0.5, 0.6) is 0 Å². The van der Waals surface area contributed by atoms with Crippen LogP contribution in [0.15, 0.2) is 24.3 Å². The molecule has 2 saturated heterocycles. The summed E-state index contributed by atoms with van der Waals surface area (Å²) in [7, 11) is 0. The molecular formula is C20H29FN4O2. The SMILES string of the molecule is C[C@H](NC(=O)NC[C@@H]1CCN(c2ccc(F)cc2)C1)C(=O)N1CCCCC1. The molecule has 7 heteroatoms. The van der Waals surface area contributed by atoms with Crippen LogP contribution >= 0.6 is 0 Å². The van der Waals surface area contributed by atoms with Gasteiger partial charge >= 0.3 is 6.03 Å². The summed E-state index contributed by atoms with van der Waals surface area (Å²) >= 11 is 0. The first-order valence-electron chi connectivity index (χ1n) is 9.86. The molecule has 3 rings (SSSR count). The maximum absolute atomic E-state index is 13.0. The molecule has 0 aliphatic carbocycles. The fraction of sp³-hybridized carbons (Fsp3) is 0.600. The summed E-state index contributed by atoms with van der Waals surface area (Å²) in [6.07, 6.45) is 4.22. The van der Waals surface area contributed by atoms with E-state index in [0.29, 0.717) is 12.5 Å². The summed E-state index contributed by atoms with van der Waals surface area (Å²) in [6, 6.07) is 5.69. The van der Waals surface area contributed by atoms with E-state index in [4.69, 9.17) is 0 Å². The summed E-state index contributed by atoms with van der Waals surface area (Å²) in [5, 5.41) is 5.64. The highest BCUT2D eigenvalue weighted by Crippen LogP contribution is 2.23. The number of urea groups is 1. The number of nitrogens with one attached hydrogen (secondary N) is 2. The molecule has 2 heterocycles. The van der Waals surface area contributed by atoms with Crippen LogP contribution in [0.25, 0.3) is 0 Å². The number of halogens is 1. The van der Waals surface area contributed by atoms with Crippen LogP contribution in [-0.4, -0.2) is 55.6 Å². The van der Waals surface area contributed by atoms with Gasteiger partial charge < -0.3 is 20.4 Å². The van der Waals surface area contributed by atoms with Crippen molar-refractivity contribution in [1.82, 2.24) is 15.5 Å². The Balaban J connectivity index is 1.39. The van der Waals surface area contributed by atoms with Crippen LogP contribution in [0, 0.1) is 11.7 Å². The van der Waals surface area contributed by atoms with Crippen molar-refractivity contribution in [3.8, 4) is 0 Å². The molecule has 6 nitrogen and oxygen atoms in total. The molecule has 0 bridgehead atoms. The first-order chi connectivity index (χ1) is 13.0. The van der Waals surface area contributed by atoms with Gasteiger partial charge in [0.2, 0.25) is 5.91 Å². The van der Waals surface area contributed by atoms with E-state index in [9.17, 15) is 14.0 Å². The predicted octanol–water partition coefficient (Wildman–Crippen LogP) is 2.35. The third-order valence-corrected chi connectivity index (χ3v) is 5.41. The number of carbonyl (C=O) groups is 2. The number of amides is 3. The Kier molecular flexibility index (Phi) is 6.53. The van der Waals surface area contributed by atoms with Crippen LogP contribution < -0.4 is 15.5 Å². The van der Waals surface area contributed by atoms with Crippen molar-refractivity contribution in [1.29, 1.82) is 0 Å². The van der Waals surface area contributed by atoms with Crippen molar-refractivity contribution < 1.29 is 14.0 Å². The zero-order valence-electron chi connectivity index (χ0n) is 15.9. The minimum absolute atomic E-state index is 0.00630. The molecule has 0 unspecified atom stereocenters. The van der Waals surface area contributed by atoms with Crippen LogP contribution in [0.1, 0.15) is 32.6 Å². The van der Waals surface area contributed by atoms with Gasteiger partial charge in [0.1, 0.15) is 11.9 Å². The van der Waals surface area contributed by atoms with E-state index >= 15 is 0 Å². The molecule has 148 valence electrons. The average molecular weight is 376 g/mol. The quantitative estimate of drug-likeness (QED) is 0.829. The van der Waals surface area contributed by atoms with Crippen molar-refractivity contribution >= 4 is 17.6 Å². The summed E-state index contributed by atoms with van der Waals surface area (Å²) < 4.78 is 13.0. The van der Waals surface area contributed by atoms with Crippen molar-refractivity contribution in [3.63, 3.8) is 0 Å². The predicted molar refractivity (Wildman–Crippen MR) is 103 cm³/mol. The van der Waals surface area contributed by atoms with E-state index in [1.807, 2.05) is 4.90 Å². The van der Waals surface area contributed by atoms with Gasteiger partial charge in [-0.2, -0.15) is 0 Å². The van der Waals surface area contributed by atoms with Gasteiger partial charge in [0, 0.05) is 38.4 Å². The van der Waals surface area contributed by atoms with Gasteiger partial charge in [-0.3, -0.25) is 4.79 Å². The van der Waals surface area contributed by atoms with E-state index in [2.05, 4.69) is 15.5 Å². The van der Waals surface area contributed by atoms with Gasteiger partial charge in [0.25, 0.3) is 0 Å². The lowest BCUT2D eigenvalue weighted by Crippen LogP contribution is -2.51. The Bertz CT molecular complexity index is 646. The Hall–Kier alpha value is -2.31. The maximum Gasteiger partial charge on any atom is 0.315 e. The molecule has 2 N–H and O–H groups in total. The molecule has 2 atom stereocenters. The van der Waals surface area contributed by atoms with Gasteiger partial charge in [0.15, 0.2) is 0 Å². The molecule has 1 aromatic carbocycles.